The number of hydrogen-bond donors (Lipinski definition) is 6. The average molecular weight is 450 g/mol. The first kappa shape index (κ1) is 26.6. The molecule has 0 aliphatic rings. The fraction of sp³-hybridized carbons (Fsp3) is 0.476. The molecule has 0 saturated carbocycles. The van der Waals surface area contributed by atoms with Crippen LogP contribution >= 0.6 is 0 Å². The minimum atomic E-state index is -1.22. The van der Waals surface area contributed by atoms with Crippen molar-refractivity contribution in [1.82, 2.24) is 16.0 Å². The van der Waals surface area contributed by atoms with E-state index in [1.807, 2.05) is 0 Å². The topological polar surface area (TPSA) is 194 Å². The Morgan fingerprint density at radius 1 is 0.969 bits per heavy atom. The highest BCUT2D eigenvalue weighted by atomic mass is 16.4. The molecule has 0 aromatic heterocycles. The van der Waals surface area contributed by atoms with E-state index in [0.29, 0.717) is 0 Å². The molecule has 4 amide bonds. The Morgan fingerprint density at radius 2 is 1.59 bits per heavy atom. The van der Waals surface area contributed by atoms with E-state index >= 15 is 0 Å². The lowest BCUT2D eigenvalue weighted by atomic mass is 10.00. The lowest BCUT2D eigenvalue weighted by Gasteiger charge is -2.26. The van der Waals surface area contributed by atoms with E-state index in [0.717, 1.165) is 5.56 Å². The number of carboxylic acids is 1. The molecule has 0 aliphatic carbocycles. The zero-order valence-electron chi connectivity index (χ0n) is 18.2. The molecule has 0 fully saturated rings. The normalized spacial score (nSPS) is 13.5. The van der Waals surface area contributed by atoms with Gasteiger partial charge in [-0.25, -0.2) is 0 Å². The molecule has 3 atom stereocenters. The standard InChI is InChI=1S/C21H31N5O6/c1-12(2)18(26-19(30)14(22)8-9-16(23)27)21(32)25-15(20(31)24-11-17(28)29)10-13-6-4-3-5-7-13/h3-7,12,14-15,18H,8-11,22H2,1-2H3,(H2,23,27)(H,24,31)(H,25,32)(H,26,30)(H,28,29). The van der Waals surface area contributed by atoms with Crippen molar-refractivity contribution in [3.63, 3.8) is 0 Å². The third kappa shape index (κ3) is 9.56. The van der Waals surface area contributed by atoms with Gasteiger partial charge in [-0.15, -0.1) is 0 Å². The summed E-state index contributed by atoms with van der Waals surface area (Å²) in [5.41, 5.74) is 11.6. The zero-order valence-corrected chi connectivity index (χ0v) is 18.2. The molecule has 176 valence electrons. The van der Waals surface area contributed by atoms with Gasteiger partial charge in [-0.05, 0) is 17.9 Å². The van der Waals surface area contributed by atoms with Gasteiger partial charge in [-0.3, -0.25) is 24.0 Å². The van der Waals surface area contributed by atoms with Crippen LogP contribution in [-0.4, -0.2) is 59.4 Å². The molecule has 1 rings (SSSR count). The van der Waals surface area contributed by atoms with Gasteiger partial charge in [0.15, 0.2) is 0 Å². The van der Waals surface area contributed by atoms with E-state index in [2.05, 4.69) is 16.0 Å². The molecule has 32 heavy (non-hydrogen) atoms. The summed E-state index contributed by atoms with van der Waals surface area (Å²) in [7, 11) is 0. The second kappa shape index (κ2) is 13.1. The van der Waals surface area contributed by atoms with E-state index in [9.17, 15) is 24.0 Å². The fourth-order valence-electron chi connectivity index (χ4n) is 2.83. The van der Waals surface area contributed by atoms with Crippen LogP contribution < -0.4 is 27.4 Å². The number of rotatable bonds is 13. The predicted octanol–water partition coefficient (Wildman–Crippen LogP) is -1.35. The number of aliphatic carboxylic acids is 1. The number of primary amides is 1. The summed E-state index contributed by atoms with van der Waals surface area (Å²) in [6, 6.07) is 5.77. The van der Waals surface area contributed by atoms with Gasteiger partial charge in [0.05, 0.1) is 6.04 Å². The van der Waals surface area contributed by atoms with Crippen LogP contribution in [0.25, 0.3) is 0 Å². The average Bonchev–Trinajstić information content (AvgIpc) is 2.73. The first-order chi connectivity index (χ1) is 15.0. The van der Waals surface area contributed by atoms with Crippen LogP contribution in [0.4, 0.5) is 0 Å². The van der Waals surface area contributed by atoms with Crippen molar-refractivity contribution in [3.05, 3.63) is 35.9 Å². The Labute approximate surface area is 186 Å². The van der Waals surface area contributed by atoms with Gasteiger partial charge in [-0.1, -0.05) is 44.2 Å². The van der Waals surface area contributed by atoms with Gasteiger partial charge < -0.3 is 32.5 Å². The van der Waals surface area contributed by atoms with Gasteiger partial charge in [0.25, 0.3) is 0 Å². The number of nitrogens with one attached hydrogen (secondary N) is 3. The van der Waals surface area contributed by atoms with Crippen LogP contribution in [0.5, 0.6) is 0 Å². The lowest BCUT2D eigenvalue weighted by Crippen LogP contribution is -2.58. The van der Waals surface area contributed by atoms with E-state index < -0.39 is 54.3 Å². The summed E-state index contributed by atoms with van der Waals surface area (Å²) in [4.78, 5) is 59.5. The van der Waals surface area contributed by atoms with Crippen LogP contribution in [0.15, 0.2) is 30.3 Å². The maximum atomic E-state index is 12.9. The van der Waals surface area contributed by atoms with Gasteiger partial charge in [-0.2, -0.15) is 0 Å². The molecule has 11 heteroatoms. The van der Waals surface area contributed by atoms with Gasteiger partial charge in [0.1, 0.15) is 18.6 Å². The predicted molar refractivity (Wildman–Crippen MR) is 116 cm³/mol. The molecule has 3 unspecified atom stereocenters. The van der Waals surface area contributed by atoms with Crippen LogP contribution in [0.2, 0.25) is 0 Å². The Kier molecular flexibility index (Phi) is 10.8. The maximum absolute atomic E-state index is 12.9. The molecule has 1 aromatic rings. The van der Waals surface area contributed by atoms with Crippen molar-refractivity contribution in [2.75, 3.05) is 6.54 Å². The molecular weight excluding hydrogens is 418 g/mol. The number of carbonyl (C=O) groups excluding carboxylic acids is 4. The molecule has 0 heterocycles. The summed E-state index contributed by atoms with van der Waals surface area (Å²) in [5.74, 6) is -4.09. The quantitative estimate of drug-likeness (QED) is 0.214. The number of carbonyl (C=O) groups is 5. The SMILES string of the molecule is CC(C)C(NC(=O)C(N)CCC(N)=O)C(=O)NC(Cc1ccccc1)C(=O)NCC(=O)O. The molecule has 0 spiro atoms. The van der Waals surface area contributed by atoms with Crippen LogP contribution in [0.3, 0.4) is 0 Å². The largest absolute Gasteiger partial charge is 0.480 e. The summed E-state index contributed by atoms with van der Waals surface area (Å²) in [6.07, 6.45) is 0.0762. The lowest BCUT2D eigenvalue weighted by molar-refractivity contribution is -0.138. The molecule has 1 aromatic carbocycles. The molecule has 0 radical (unpaired) electrons. The van der Waals surface area contributed by atoms with E-state index in [4.69, 9.17) is 16.6 Å². The van der Waals surface area contributed by atoms with Crippen molar-refractivity contribution in [2.24, 2.45) is 17.4 Å². The van der Waals surface area contributed by atoms with Gasteiger partial charge in [0, 0.05) is 12.8 Å². The van der Waals surface area contributed by atoms with E-state index in [1.165, 1.54) is 0 Å². The van der Waals surface area contributed by atoms with E-state index in [-0.39, 0.29) is 25.2 Å². The first-order valence-corrected chi connectivity index (χ1v) is 10.2. The Hall–Kier alpha value is -3.47. The first-order valence-electron chi connectivity index (χ1n) is 10.2. The van der Waals surface area contributed by atoms with Crippen molar-refractivity contribution >= 4 is 29.6 Å². The second-order valence-electron chi connectivity index (χ2n) is 7.70. The zero-order chi connectivity index (χ0) is 24.3. The third-order valence-electron chi connectivity index (χ3n) is 4.61. The summed E-state index contributed by atoms with van der Waals surface area (Å²) < 4.78 is 0. The molecule has 8 N–H and O–H groups in total. The summed E-state index contributed by atoms with van der Waals surface area (Å²) in [6.45, 7) is 2.81. The van der Waals surface area contributed by atoms with Crippen LogP contribution in [0.1, 0.15) is 32.3 Å². The Morgan fingerprint density at radius 3 is 2.12 bits per heavy atom. The number of carboxylic acid groups (broad SMARTS) is 1. The van der Waals surface area contributed by atoms with Crippen molar-refractivity contribution in [1.29, 1.82) is 0 Å². The highest BCUT2D eigenvalue weighted by Gasteiger charge is 2.30. The van der Waals surface area contributed by atoms with Crippen LogP contribution in [0, 0.1) is 5.92 Å². The smallest absolute Gasteiger partial charge is 0.322 e. The van der Waals surface area contributed by atoms with Crippen LogP contribution in [-0.2, 0) is 30.4 Å². The monoisotopic (exact) mass is 449 g/mol. The number of hydrogen-bond acceptors (Lipinski definition) is 6. The summed E-state index contributed by atoms with van der Waals surface area (Å²) >= 11 is 0. The van der Waals surface area contributed by atoms with E-state index in [1.54, 1.807) is 44.2 Å². The molecular formula is C21H31N5O6. The molecule has 0 aliphatic heterocycles. The van der Waals surface area contributed by atoms with Crippen molar-refractivity contribution in [3.8, 4) is 0 Å². The second-order valence-corrected chi connectivity index (χ2v) is 7.70. The Balaban J connectivity index is 2.92. The number of nitrogens with two attached hydrogens (primary N) is 2. The van der Waals surface area contributed by atoms with Gasteiger partial charge >= 0.3 is 5.97 Å². The number of benzene rings is 1. The number of amides is 4. The minimum Gasteiger partial charge on any atom is -0.480 e. The minimum absolute atomic E-state index is 0.0296. The third-order valence-corrected chi connectivity index (χ3v) is 4.61. The molecule has 11 nitrogen and oxygen atoms in total. The van der Waals surface area contributed by atoms with Gasteiger partial charge in [0.2, 0.25) is 23.6 Å². The Bertz CT molecular complexity index is 814. The van der Waals surface area contributed by atoms with Crippen molar-refractivity contribution in [2.45, 2.75) is 51.2 Å². The fourth-order valence-corrected chi connectivity index (χ4v) is 2.83. The summed E-state index contributed by atoms with van der Waals surface area (Å²) in [5, 5.41) is 16.2. The van der Waals surface area contributed by atoms with Crippen molar-refractivity contribution < 1.29 is 29.1 Å². The molecule has 0 bridgehead atoms. The highest BCUT2D eigenvalue weighted by Crippen LogP contribution is 2.07. The molecule has 0 saturated heterocycles. The maximum Gasteiger partial charge on any atom is 0.322 e. The highest BCUT2D eigenvalue weighted by molar-refractivity contribution is 5.94.